The minimum atomic E-state index is -3.42. The van der Waals surface area contributed by atoms with Crippen molar-refractivity contribution in [2.45, 2.75) is 18.2 Å². The summed E-state index contributed by atoms with van der Waals surface area (Å²) in [4.78, 5) is 2.66. The number of sulfonamides is 1. The van der Waals surface area contributed by atoms with Crippen molar-refractivity contribution in [3.63, 3.8) is 0 Å². The van der Waals surface area contributed by atoms with Gasteiger partial charge in [0, 0.05) is 32.7 Å². The minimum absolute atomic E-state index is 0.223. The zero-order valence-electron chi connectivity index (χ0n) is 14.4. The Kier molecular flexibility index (Phi) is 5.51. The van der Waals surface area contributed by atoms with Crippen LogP contribution in [0.15, 0.2) is 53.4 Å². The highest BCUT2D eigenvalue weighted by molar-refractivity contribution is 7.89. The summed E-state index contributed by atoms with van der Waals surface area (Å²) in [7, 11) is -3.42. The number of benzene rings is 2. The molecule has 134 valence electrons. The largest absolute Gasteiger partial charge is 0.300 e. The van der Waals surface area contributed by atoms with Crippen molar-refractivity contribution in [1.29, 1.82) is 0 Å². The molecule has 0 N–H and O–H groups in total. The Morgan fingerprint density at radius 2 is 1.60 bits per heavy atom. The molecule has 3 rings (SSSR count). The Morgan fingerprint density at radius 1 is 0.960 bits per heavy atom. The molecule has 2 aromatic rings. The second kappa shape index (κ2) is 7.64. The second-order valence-corrected chi connectivity index (χ2v) is 8.29. The van der Waals surface area contributed by atoms with Crippen molar-refractivity contribution in [3.05, 3.63) is 65.5 Å². The van der Waals surface area contributed by atoms with Gasteiger partial charge in [-0.2, -0.15) is 4.31 Å². The van der Waals surface area contributed by atoms with Crippen molar-refractivity contribution in [3.8, 4) is 0 Å². The van der Waals surface area contributed by atoms with Crippen molar-refractivity contribution >= 4 is 10.0 Å². The van der Waals surface area contributed by atoms with E-state index in [0.29, 0.717) is 31.1 Å². The van der Waals surface area contributed by atoms with Crippen molar-refractivity contribution in [1.82, 2.24) is 9.21 Å². The molecule has 1 saturated heterocycles. The molecule has 0 radical (unpaired) electrons. The van der Waals surface area contributed by atoms with Crippen LogP contribution >= 0.6 is 0 Å². The van der Waals surface area contributed by atoms with E-state index in [0.717, 1.165) is 24.1 Å². The van der Waals surface area contributed by atoms with E-state index >= 15 is 0 Å². The molecule has 0 spiro atoms. The van der Waals surface area contributed by atoms with Crippen LogP contribution in [0.1, 0.15) is 11.1 Å². The normalized spacial score (nSPS) is 16.9. The van der Waals surface area contributed by atoms with Gasteiger partial charge < -0.3 is 4.90 Å². The van der Waals surface area contributed by atoms with Crippen molar-refractivity contribution < 1.29 is 12.8 Å². The fourth-order valence-corrected chi connectivity index (χ4v) is 4.76. The topological polar surface area (TPSA) is 40.6 Å². The molecule has 1 fully saturated rings. The Hall–Kier alpha value is -1.76. The van der Waals surface area contributed by atoms with E-state index in [4.69, 9.17) is 0 Å². The molecule has 2 aromatic carbocycles. The zero-order chi connectivity index (χ0) is 17.9. The summed E-state index contributed by atoms with van der Waals surface area (Å²) >= 11 is 0. The van der Waals surface area contributed by atoms with E-state index in [1.165, 1.54) is 12.1 Å². The Labute approximate surface area is 148 Å². The van der Waals surface area contributed by atoms with Gasteiger partial charge in [0.1, 0.15) is 5.82 Å². The van der Waals surface area contributed by atoms with Crippen molar-refractivity contribution in [2.75, 3.05) is 32.7 Å². The third kappa shape index (κ3) is 4.26. The molecular weight excluding hydrogens is 339 g/mol. The lowest BCUT2D eigenvalue weighted by molar-refractivity contribution is 0.190. The van der Waals surface area contributed by atoms with Crippen LogP contribution in [-0.2, 0) is 16.4 Å². The summed E-state index contributed by atoms with van der Waals surface area (Å²) in [5.41, 5.74) is 1.87. The molecule has 6 heteroatoms. The maximum Gasteiger partial charge on any atom is 0.243 e. The third-order valence-electron chi connectivity index (χ3n) is 4.67. The Morgan fingerprint density at radius 3 is 2.24 bits per heavy atom. The molecule has 0 aromatic heterocycles. The van der Waals surface area contributed by atoms with E-state index < -0.39 is 10.0 Å². The van der Waals surface area contributed by atoms with E-state index in [2.05, 4.69) is 4.90 Å². The van der Waals surface area contributed by atoms with Crippen LogP contribution in [0, 0.1) is 12.7 Å². The third-order valence-corrected chi connectivity index (χ3v) is 6.73. The van der Waals surface area contributed by atoms with E-state index in [-0.39, 0.29) is 5.82 Å². The zero-order valence-corrected chi connectivity index (χ0v) is 15.2. The second-order valence-electron chi connectivity index (χ2n) is 6.39. The summed E-state index contributed by atoms with van der Waals surface area (Å²) in [6, 6.07) is 13.7. The first-order chi connectivity index (χ1) is 12.0. The average Bonchev–Trinajstić information content (AvgIpc) is 2.62. The first kappa shape index (κ1) is 18.0. The van der Waals surface area contributed by atoms with Crippen molar-refractivity contribution in [2.24, 2.45) is 0 Å². The highest BCUT2D eigenvalue weighted by atomic mass is 32.2. The minimum Gasteiger partial charge on any atom is -0.300 e. The number of aryl methyl sites for hydroxylation is 1. The molecule has 4 nitrogen and oxygen atoms in total. The molecule has 0 unspecified atom stereocenters. The molecule has 25 heavy (non-hydrogen) atoms. The van der Waals surface area contributed by atoms with Gasteiger partial charge in [0.05, 0.1) is 4.90 Å². The molecule has 0 atom stereocenters. The molecule has 0 aliphatic carbocycles. The van der Waals surface area contributed by atoms with Gasteiger partial charge in [0.2, 0.25) is 10.0 Å². The van der Waals surface area contributed by atoms with Gasteiger partial charge in [-0.15, -0.1) is 0 Å². The van der Waals surface area contributed by atoms with Crippen LogP contribution in [-0.4, -0.2) is 50.3 Å². The highest BCUT2D eigenvalue weighted by Crippen LogP contribution is 2.21. The number of nitrogens with zero attached hydrogens (tertiary/aromatic N) is 2. The summed E-state index contributed by atoms with van der Waals surface area (Å²) in [6.07, 6.45) is 0.838. The van der Waals surface area contributed by atoms with Crippen LogP contribution in [0.2, 0.25) is 0 Å². The number of hydrogen-bond acceptors (Lipinski definition) is 3. The van der Waals surface area contributed by atoms with Gasteiger partial charge >= 0.3 is 0 Å². The summed E-state index contributed by atoms with van der Waals surface area (Å²) in [5.74, 6) is -0.223. The van der Waals surface area contributed by atoms with Crippen LogP contribution in [0.3, 0.4) is 0 Å². The number of hydrogen-bond donors (Lipinski definition) is 0. The predicted octanol–water partition coefficient (Wildman–Crippen LogP) is 2.68. The van der Waals surface area contributed by atoms with E-state index in [9.17, 15) is 12.8 Å². The number of halogens is 1. The molecule has 1 aliphatic heterocycles. The maximum absolute atomic E-state index is 12.9. The summed E-state index contributed by atoms with van der Waals surface area (Å²) in [6.45, 7) is 5.11. The lowest BCUT2D eigenvalue weighted by Gasteiger charge is -2.34. The quantitative estimate of drug-likeness (QED) is 0.821. The van der Waals surface area contributed by atoms with Gasteiger partial charge in [0.25, 0.3) is 0 Å². The van der Waals surface area contributed by atoms with Gasteiger partial charge in [-0.3, -0.25) is 0 Å². The molecule has 0 bridgehead atoms. The fraction of sp³-hybridized carbons (Fsp3) is 0.368. The van der Waals surface area contributed by atoms with Gasteiger partial charge in [-0.1, -0.05) is 30.3 Å². The van der Waals surface area contributed by atoms with Gasteiger partial charge in [-0.25, -0.2) is 12.8 Å². The van der Waals surface area contributed by atoms with Gasteiger partial charge in [-0.05, 0) is 42.7 Å². The average molecular weight is 362 g/mol. The lowest BCUT2D eigenvalue weighted by Crippen LogP contribution is -2.49. The molecule has 1 aliphatic rings. The number of rotatable bonds is 5. The van der Waals surface area contributed by atoms with Crippen LogP contribution in [0.4, 0.5) is 4.39 Å². The molecular formula is C19H23FN2O2S. The summed E-state index contributed by atoms with van der Waals surface area (Å²) < 4.78 is 40.1. The Bertz CT molecular complexity index is 814. The monoisotopic (exact) mass is 362 g/mol. The van der Waals surface area contributed by atoms with Gasteiger partial charge in [0.15, 0.2) is 0 Å². The standard InChI is InChI=1S/C19H23FN2O2S/c1-16-4-2-3-5-19(16)25(23,24)22-14-12-21(13-15-22)11-10-17-6-8-18(20)9-7-17/h2-9H,10-15H2,1H3. The fourth-order valence-electron chi connectivity index (χ4n) is 3.12. The number of piperazine rings is 1. The molecule has 0 amide bonds. The first-order valence-corrected chi connectivity index (χ1v) is 9.93. The first-order valence-electron chi connectivity index (χ1n) is 8.49. The van der Waals surface area contributed by atoms with Crippen LogP contribution in [0.25, 0.3) is 0 Å². The Balaban J connectivity index is 1.56. The SMILES string of the molecule is Cc1ccccc1S(=O)(=O)N1CCN(CCc2ccc(F)cc2)CC1. The van der Waals surface area contributed by atoms with Crippen LogP contribution in [0.5, 0.6) is 0 Å². The maximum atomic E-state index is 12.9. The van der Waals surface area contributed by atoms with E-state index in [1.807, 2.05) is 19.1 Å². The highest BCUT2D eigenvalue weighted by Gasteiger charge is 2.29. The lowest BCUT2D eigenvalue weighted by atomic mass is 10.1. The molecule has 0 saturated carbocycles. The van der Waals surface area contributed by atoms with E-state index in [1.54, 1.807) is 28.6 Å². The smallest absolute Gasteiger partial charge is 0.243 e. The summed E-state index contributed by atoms with van der Waals surface area (Å²) in [5, 5.41) is 0. The predicted molar refractivity (Wildman–Crippen MR) is 96.5 cm³/mol. The molecule has 1 heterocycles. The van der Waals surface area contributed by atoms with Crippen LogP contribution < -0.4 is 0 Å².